The largest absolute Gasteiger partial charge is 0.327 e. The van der Waals surface area contributed by atoms with E-state index < -0.39 is 0 Å². The number of hydrogen-bond acceptors (Lipinski definition) is 2. The molecule has 2 N–H and O–H groups in total. The maximum Gasteiger partial charge on any atom is 0.0242 e. The van der Waals surface area contributed by atoms with E-state index in [1.165, 1.54) is 22.9 Å². The lowest BCUT2D eigenvalue weighted by Crippen LogP contribution is -2.34. The van der Waals surface area contributed by atoms with Crippen LogP contribution in [0.4, 0.5) is 0 Å². The van der Waals surface area contributed by atoms with E-state index in [0.29, 0.717) is 6.04 Å². The highest BCUT2D eigenvalue weighted by Gasteiger charge is 2.08. The molecule has 0 saturated carbocycles. The lowest BCUT2D eigenvalue weighted by molar-refractivity contribution is 0.295. The summed E-state index contributed by atoms with van der Waals surface area (Å²) in [6, 6.07) is 8.64. The van der Waals surface area contributed by atoms with Gasteiger partial charge in [0.2, 0.25) is 0 Å². The Balaban J connectivity index is 2.39. The number of rotatable bonds is 7. The van der Waals surface area contributed by atoms with Gasteiger partial charge in [-0.1, -0.05) is 53.9 Å². The number of likely N-dealkylation sites (N-methyl/N-ethyl adjacent to an activating group) is 1. The molecule has 0 aliphatic heterocycles. The normalized spacial score (nSPS) is 13.0. The average Bonchev–Trinajstić information content (AvgIpc) is 2.29. The van der Waals surface area contributed by atoms with Crippen LogP contribution in [-0.2, 0) is 6.54 Å². The molecule has 0 saturated heterocycles. The minimum Gasteiger partial charge on any atom is -0.327 e. The summed E-state index contributed by atoms with van der Waals surface area (Å²) in [4.78, 5) is 2.29. The summed E-state index contributed by atoms with van der Waals surface area (Å²) in [7, 11) is 2.13. The van der Waals surface area contributed by atoms with Gasteiger partial charge in [-0.15, -0.1) is 0 Å². The fourth-order valence-corrected chi connectivity index (χ4v) is 2.35. The zero-order chi connectivity index (χ0) is 12.7. The van der Waals surface area contributed by atoms with Crippen LogP contribution >= 0.6 is 15.9 Å². The van der Waals surface area contributed by atoms with Crippen LogP contribution in [0.15, 0.2) is 28.7 Å². The number of unbranched alkanes of at least 4 members (excludes halogenated alkanes) is 1. The third kappa shape index (κ3) is 5.66. The molecule has 0 aliphatic rings. The summed E-state index contributed by atoms with van der Waals surface area (Å²) in [5.74, 6) is 0. The first-order valence-corrected chi connectivity index (χ1v) is 7.10. The van der Waals surface area contributed by atoms with Crippen molar-refractivity contribution in [2.45, 2.75) is 38.8 Å². The maximum absolute atomic E-state index is 6.10. The Bertz CT molecular complexity index is 328. The highest BCUT2D eigenvalue weighted by molar-refractivity contribution is 9.10. The number of nitrogens with two attached hydrogens (primary N) is 1. The smallest absolute Gasteiger partial charge is 0.0242 e. The Morgan fingerprint density at radius 3 is 2.71 bits per heavy atom. The van der Waals surface area contributed by atoms with Gasteiger partial charge < -0.3 is 10.6 Å². The van der Waals surface area contributed by atoms with Gasteiger partial charge in [0.05, 0.1) is 0 Å². The molecule has 0 aromatic heterocycles. The van der Waals surface area contributed by atoms with Gasteiger partial charge in [-0.2, -0.15) is 0 Å². The third-order valence-electron chi connectivity index (χ3n) is 2.87. The van der Waals surface area contributed by atoms with Crippen LogP contribution < -0.4 is 5.73 Å². The Morgan fingerprint density at radius 1 is 1.35 bits per heavy atom. The van der Waals surface area contributed by atoms with Crippen molar-refractivity contribution in [3.05, 3.63) is 34.3 Å². The first-order valence-electron chi connectivity index (χ1n) is 6.31. The maximum atomic E-state index is 6.10. The quantitative estimate of drug-likeness (QED) is 0.836. The SMILES string of the molecule is CCCC[C@H](N)CN(C)Cc1ccccc1Br. The molecule has 0 aliphatic carbocycles. The van der Waals surface area contributed by atoms with E-state index in [-0.39, 0.29) is 0 Å². The third-order valence-corrected chi connectivity index (χ3v) is 3.65. The summed E-state index contributed by atoms with van der Waals surface area (Å²) in [5, 5.41) is 0. The molecule has 2 nitrogen and oxygen atoms in total. The minimum atomic E-state index is 0.294. The molecule has 0 bridgehead atoms. The number of nitrogens with zero attached hydrogens (tertiary/aromatic N) is 1. The van der Waals surface area contributed by atoms with Crippen LogP contribution in [-0.4, -0.2) is 24.5 Å². The molecule has 1 aromatic rings. The average molecular weight is 299 g/mol. The number of halogens is 1. The molecule has 1 rings (SSSR count). The Kier molecular flexibility index (Phi) is 6.78. The van der Waals surface area contributed by atoms with E-state index in [1.807, 2.05) is 6.07 Å². The first kappa shape index (κ1) is 14.7. The fraction of sp³-hybridized carbons (Fsp3) is 0.571. The van der Waals surface area contributed by atoms with Gasteiger partial charge in [0.15, 0.2) is 0 Å². The highest BCUT2D eigenvalue weighted by atomic mass is 79.9. The number of benzene rings is 1. The van der Waals surface area contributed by atoms with Gasteiger partial charge in [0.25, 0.3) is 0 Å². The molecule has 96 valence electrons. The molecule has 0 unspecified atom stereocenters. The van der Waals surface area contributed by atoms with Crippen LogP contribution in [0.2, 0.25) is 0 Å². The van der Waals surface area contributed by atoms with Crippen LogP contribution in [0.5, 0.6) is 0 Å². The zero-order valence-corrected chi connectivity index (χ0v) is 12.4. The Morgan fingerprint density at radius 2 is 2.06 bits per heavy atom. The Hall–Kier alpha value is -0.380. The summed E-state index contributed by atoms with van der Waals surface area (Å²) in [6.07, 6.45) is 3.57. The molecular weight excluding hydrogens is 276 g/mol. The fourth-order valence-electron chi connectivity index (χ4n) is 1.94. The first-order chi connectivity index (χ1) is 8.13. The zero-order valence-electron chi connectivity index (χ0n) is 10.8. The molecule has 17 heavy (non-hydrogen) atoms. The van der Waals surface area contributed by atoms with Crippen LogP contribution in [0, 0.1) is 0 Å². The van der Waals surface area contributed by atoms with Crippen molar-refractivity contribution in [1.29, 1.82) is 0 Å². The van der Waals surface area contributed by atoms with Crippen molar-refractivity contribution in [2.24, 2.45) is 5.73 Å². The summed E-state index contributed by atoms with van der Waals surface area (Å²) >= 11 is 3.58. The van der Waals surface area contributed by atoms with Crippen LogP contribution in [0.1, 0.15) is 31.7 Å². The van der Waals surface area contributed by atoms with Crippen molar-refractivity contribution in [3.63, 3.8) is 0 Å². The second kappa shape index (κ2) is 7.85. The topological polar surface area (TPSA) is 29.3 Å². The Labute approximate surface area is 113 Å². The molecule has 0 radical (unpaired) electrons. The van der Waals surface area contributed by atoms with Gasteiger partial charge in [-0.25, -0.2) is 0 Å². The lowest BCUT2D eigenvalue weighted by Gasteiger charge is -2.21. The molecule has 0 fully saturated rings. The molecule has 0 spiro atoms. The van der Waals surface area contributed by atoms with Gasteiger partial charge >= 0.3 is 0 Å². The molecule has 3 heteroatoms. The summed E-state index contributed by atoms with van der Waals surface area (Å²) < 4.78 is 1.17. The van der Waals surface area contributed by atoms with Gasteiger partial charge in [0.1, 0.15) is 0 Å². The predicted molar refractivity (Wildman–Crippen MR) is 78.0 cm³/mol. The highest BCUT2D eigenvalue weighted by Crippen LogP contribution is 2.17. The van der Waals surface area contributed by atoms with Crippen molar-refractivity contribution in [1.82, 2.24) is 4.90 Å². The van der Waals surface area contributed by atoms with Gasteiger partial charge in [-0.3, -0.25) is 0 Å². The monoisotopic (exact) mass is 298 g/mol. The van der Waals surface area contributed by atoms with Crippen molar-refractivity contribution in [2.75, 3.05) is 13.6 Å². The predicted octanol–water partition coefficient (Wildman–Crippen LogP) is 3.40. The van der Waals surface area contributed by atoms with Crippen LogP contribution in [0.3, 0.4) is 0 Å². The molecule has 1 atom stereocenters. The molecular formula is C14H23BrN2. The number of hydrogen-bond donors (Lipinski definition) is 1. The van der Waals surface area contributed by atoms with E-state index in [0.717, 1.165) is 19.5 Å². The second-order valence-corrected chi connectivity index (χ2v) is 5.54. The summed E-state index contributed by atoms with van der Waals surface area (Å²) in [5.41, 5.74) is 7.42. The molecule has 0 heterocycles. The van der Waals surface area contributed by atoms with E-state index in [4.69, 9.17) is 5.73 Å². The van der Waals surface area contributed by atoms with Crippen molar-refractivity contribution >= 4 is 15.9 Å². The van der Waals surface area contributed by atoms with E-state index >= 15 is 0 Å². The second-order valence-electron chi connectivity index (χ2n) is 4.69. The van der Waals surface area contributed by atoms with Crippen LogP contribution in [0.25, 0.3) is 0 Å². The molecule has 0 amide bonds. The van der Waals surface area contributed by atoms with Gasteiger partial charge in [0, 0.05) is 23.6 Å². The van der Waals surface area contributed by atoms with Crippen molar-refractivity contribution in [3.8, 4) is 0 Å². The van der Waals surface area contributed by atoms with E-state index in [9.17, 15) is 0 Å². The summed E-state index contributed by atoms with van der Waals surface area (Å²) in [6.45, 7) is 4.11. The van der Waals surface area contributed by atoms with Crippen molar-refractivity contribution < 1.29 is 0 Å². The lowest BCUT2D eigenvalue weighted by atomic mass is 10.1. The minimum absolute atomic E-state index is 0.294. The molecule has 1 aromatic carbocycles. The van der Waals surface area contributed by atoms with E-state index in [2.05, 4.69) is 53.0 Å². The van der Waals surface area contributed by atoms with Gasteiger partial charge in [-0.05, 0) is 25.1 Å². The standard InChI is InChI=1S/C14H23BrN2/c1-3-4-8-13(16)11-17(2)10-12-7-5-6-9-14(12)15/h5-7,9,13H,3-4,8,10-11,16H2,1-2H3/t13-/m0/s1. The van der Waals surface area contributed by atoms with E-state index in [1.54, 1.807) is 0 Å².